The number of nitrogens with one attached hydrogen (secondary N) is 2. The smallest absolute Gasteiger partial charge is 0.418 e. The lowest BCUT2D eigenvalue weighted by molar-refractivity contribution is -0.137. The SMILES string of the molecule is CCOc1ccc(NC(=O)NC[C@](C)(O)CN2CCOCC2)c(C(F)(F)F)c1. The van der Waals surface area contributed by atoms with E-state index >= 15 is 0 Å². The first-order chi connectivity index (χ1) is 13.1. The van der Waals surface area contributed by atoms with Crippen molar-refractivity contribution in [3.63, 3.8) is 0 Å². The average molecular weight is 405 g/mol. The van der Waals surface area contributed by atoms with Crippen LogP contribution < -0.4 is 15.4 Å². The fourth-order valence-corrected chi connectivity index (χ4v) is 2.86. The zero-order valence-corrected chi connectivity index (χ0v) is 15.9. The minimum atomic E-state index is -4.66. The number of nitrogens with zero attached hydrogens (tertiary/aromatic N) is 1. The number of hydrogen-bond donors (Lipinski definition) is 3. The normalized spacial score (nSPS) is 17.6. The summed E-state index contributed by atoms with van der Waals surface area (Å²) in [6.45, 7) is 6.12. The van der Waals surface area contributed by atoms with Crippen LogP contribution in [0.2, 0.25) is 0 Å². The van der Waals surface area contributed by atoms with Crippen molar-refractivity contribution in [2.75, 3.05) is 51.3 Å². The summed E-state index contributed by atoms with van der Waals surface area (Å²) in [4.78, 5) is 14.1. The first-order valence-corrected chi connectivity index (χ1v) is 9.02. The average Bonchev–Trinajstić information content (AvgIpc) is 2.61. The molecule has 10 heteroatoms. The van der Waals surface area contributed by atoms with Crippen molar-refractivity contribution in [1.29, 1.82) is 0 Å². The van der Waals surface area contributed by atoms with Crippen LogP contribution in [0.3, 0.4) is 0 Å². The van der Waals surface area contributed by atoms with Gasteiger partial charge in [0.2, 0.25) is 0 Å². The van der Waals surface area contributed by atoms with E-state index in [1.165, 1.54) is 6.07 Å². The molecule has 7 nitrogen and oxygen atoms in total. The molecule has 1 aliphatic rings. The van der Waals surface area contributed by atoms with E-state index in [2.05, 4.69) is 10.6 Å². The molecule has 0 unspecified atom stereocenters. The Hall–Kier alpha value is -2.04. The van der Waals surface area contributed by atoms with Gasteiger partial charge in [0.05, 0.1) is 36.7 Å². The molecule has 0 aromatic heterocycles. The number of amides is 2. The van der Waals surface area contributed by atoms with E-state index in [0.717, 1.165) is 12.1 Å². The van der Waals surface area contributed by atoms with Gasteiger partial charge in [0.1, 0.15) is 5.75 Å². The Morgan fingerprint density at radius 3 is 2.61 bits per heavy atom. The molecule has 1 atom stereocenters. The molecule has 0 radical (unpaired) electrons. The lowest BCUT2D eigenvalue weighted by atomic mass is 10.1. The van der Waals surface area contributed by atoms with Crippen LogP contribution in [0.25, 0.3) is 0 Å². The van der Waals surface area contributed by atoms with Gasteiger partial charge >= 0.3 is 12.2 Å². The Morgan fingerprint density at radius 2 is 2.00 bits per heavy atom. The molecule has 3 N–H and O–H groups in total. The highest BCUT2D eigenvalue weighted by atomic mass is 19.4. The Balaban J connectivity index is 1.96. The summed E-state index contributed by atoms with van der Waals surface area (Å²) in [5.41, 5.74) is -2.63. The number of urea groups is 1. The molecule has 1 heterocycles. The predicted molar refractivity (Wildman–Crippen MR) is 97.5 cm³/mol. The Labute approximate surface area is 161 Å². The summed E-state index contributed by atoms with van der Waals surface area (Å²) in [6, 6.07) is 2.49. The second-order valence-corrected chi connectivity index (χ2v) is 6.83. The van der Waals surface area contributed by atoms with E-state index in [1.807, 2.05) is 4.90 Å². The van der Waals surface area contributed by atoms with Crippen LogP contribution in [-0.2, 0) is 10.9 Å². The summed E-state index contributed by atoms with van der Waals surface area (Å²) in [7, 11) is 0. The number of rotatable bonds is 7. The molecule has 1 fully saturated rings. The molecule has 1 aliphatic heterocycles. The lowest BCUT2D eigenvalue weighted by Gasteiger charge is -2.33. The van der Waals surface area contributed by atoms with E-state index in [0.29, 0.717) is 32.8 Å². The number of hydrogen-bond acceptors (Lipinski definition) is 5. The zero-order chi connectivity index (χ0) is 20.8. The van der Waals surface area contributed by atoms with Crippen molar-refractivity contribution in [3.05, 3.63) is 23.8 Å². The topological polar surface area (TPSA) is 83.1 Å². The highest BCUT2D eigenvalue weighted by molar-refractivity contribution is 5.90. The maximum absolute atomic E-state index is 13.3. The highest BCUT2D eigenvalue weighted by Gasteiger charge is 2.35. The monoisotopic (exact) mass is 405 g/mol. The van der Waals surface area contributed by atoms with Crippen molar-refractivity contribution in [2.24, 2.45) is 0 Å². The van der Waals surface area contributed by atoms with Crippen molar-refractivity contribution in [2.45, 2.75) is 25.6 Å². The summed E-state index contributed by atoms with van der Waals surface area (Å²) in [6.07, 6.45) is -4.66. The van der Waals surface area contributed by atoms with Crippen LogP contribution in [-0.4, -0.2) is 67.6 Å². The quantitative estimate of drug-likeness (QED) is 0.649. The van der Waals surface area contributed by atoms with E-state index in [4.69, 9.17) is 9.47 Å². The van der Waals surface area contributed by atoms with Gasteiger partial charge in [0.15, 0.2) is 0 Å². The van der Waals surface area contributed by atoms with E-state index < -0.39 is 23.4 Å². The summed E-state index contributed by atoms with van der Waals surface area (Å²) >= 11 is 0. The maximum atomic E-state index is 13.3. The van der Waals surface area contributed by atoms with Gasteiger partial charge in [-0.05, 0) is 32.0 Å². The van der Waals surface area contributed by atoms with Crippen molar-refractivity contribution in [3.8, 4) is 5.75 Å². The fourth-order valence-electron chi connectivity index (χ4n) is 2.86. The zero-order valence-electron chi connectivity index (χ0n) is 15.9. The molecule has 28 heavy (non-hydrogen) atoms. The molecule has 2 amide bonds. The van der Waals surface area contributed by atoms with Crippen molar-refractivity contribution < 1.29 is 32.5 Å². The number of aliphatic hydroxyl groups is 1. The number of carbonyl (C=O) groups excluding carboxylic acids is 1. The number of halogens is 3. The Kier molecular flexibility index (Phi) is 7.50. The number of morpholine rings is 1. The highest BCUT2D eigenvalue weighted by Crippen LogP contribution is 2.37. The first-order valence-electron chi connectivity index (χ1n) is 9.02. The number of β-amino-alcohol motifs (C(OH)–C–C–N with tert-alkyl or cyclic N) is 1. The third-order valence-corrected chi connectivity index (χ3v) is 4.15. The summed E-state index contributed by atoms with van der Waals surface area (Å²) < 4.78 is 50.1. The van der Waals surface area contributed by atoms with Gasteiger partial charge in [0.25, 0.3) is 0 Å². The van der Waals surface area contributed by atoms with Crippen molar-refractivity contribution >= 4 is 11.7 Å². The molecule has 1 saturated heterocycles. The number of carbonyl (C=O) groups is 1. The van der Waals surface area contributed by atoms with Crippen LogP contribution in [0.1, 0.15) is 19.4 Å². The number of anilines is 1. The van der Waals surface area contributed by atoms with E-state index in [-0.39, 0.29) is 24.6 Å². The molecular weight excluding hydrogens is 379 g/mol. The van der Waals surface area contributed by atoms with Gasteiger partial charge in [-0.25, -0.2) is 4.79 Å². The molecule has 158 valence electrons. The van der Waals surface area contributed by atoms with Crippen LogP contribution >= 0.6 is 0 Å². The second-order valence-electron chi connectivity index (χ2n) is 6.83. The molecule has 0 saturated carbocycles. The van der Waals surface area contributed by atoms with Gasteiger partial charge in [-0.15, -0.1) is 0 Å². The summed E-state index contributed by atoms with van der Waals surface area (Å²) in [5, 5.41) is 15.1. The van der Waals surface area contributed by atoms with Crippen LogP contribution in [0, 0.1) is 0 Å². The molecule has 0 spiro atoms. The van der Waals surface area contributed by atoms with E-state index in [1.54, 1.807) is 13.8 Å². The fraction of sp³-hybridized carbons (Fsp3) is 0.611. The Bertz CT molecular complexity index is 662. The second kappa shape index (κ2) is 9.44. The van der Waals surface area contributed by atoms with Gasteiger partial charge in [-0.1, -0.05) is 0 Å². The molecule has 0 bridgehead atoms. The maximum Gasteiger partial charge on any atom is 0.418 e. The molecule has 1 aromatic carbocycles. The number of benzene rings is 1. The van der Waals surface area contributed by atoms with Gasteiger partial charge in [-0.2, -0.15) is 13.2 Å². The minimum Gasteiger partial charge on any atom is -0.494 e. The standard InChI is InChI=1S/C18H26F3N3O4/c1-3-28-13-4-5-15(14(10-13)18(19,20)21)23-16(25)22-11-17(2,26)12-24-6-8-27-9-7-24/h4-5,10,26H,3,6-9,11-12H2,1-2H3,(H2,22,23,25)/t17-/m0/s1. The predicted octanol–water partition coefficient (Wildman–Crippen LogP) is 2.31. The number of alkyl halides is 3. The third-order valence-electron chi connectivity index (χ3n) is 4.15. The van der Waals surface area contributed by atoms with Crippen LogP contribution in [0.4, 0.5) is 23.7 Å². The molecule has 2 rings (SSSR count). The molecule has 1 aromatic rings. The van der Waals surface area contributed by atoms with Gasteiger partial charge in [0, 0.05) is 26.2 Å². The van der Waals surface area contributed by atoms with Crippen LogP contribution in [0.15, 0.2) is 18.2 Å². The largest absolute Gasteiger partial charge is 0.494 e. The first kappa shape index (κ1) is 22.3. The lowest BCUT2D eigenvalue weighted by Crippen LogP contribution is -2.51. The minimum absolute atomic E-state index is 0.0641. The Morgan fingerprint density at radius 1 is 1.32 bits per heavy atom. The number of ether oxygens (including phenoxy) is 2. The van der Waals surface area contributed by atoms with E-state index in [9.17, 15) is 23.1 Å². The summed E-state index contributed by atoms with van der Waals surface area (Å²) in [5.74, 6) is 0.0641. The van der Waals surface area contributed by atoms with Crippen molar-refractivity contribution in [1.82, 2.24) is 10.2 Å². The van der Waals surface area contributed by atoms with Gasteiger partial charge < -0.3 is 25.2 Å². The third kappa shape index (κ3) is 6.84. The molecule has 0 aliphatic carbocycles. The van der Waals surface area contributed by atoms with Gasteiger partial charge in [-0.3, -0.25) is 4.90 Å². The molecular formula is C18H26F3N3O4. The van der Waals surface area contributed by atoms with Crippen LogP contribution in [0.5, 0.6) is 5.75 Å².